The van der Waals surface area contributed by atoms with Crippen LogP contribution in [0.4, 0.5) is 5.69 Å². The van der Waals surface area contributed by atoms with E-state index >= 15 is 0 Å². The van der Waals surface area contributed by atoms with Crippen LogP contribution in [0, 0.1) is 11.3 Å². The molecule has 1 unspecified atom stereocenters. The Balaban J connectivity index is 1.87. The molecule has 0 spiro atoms. The first kappa shape index (κ1) is 17.2. The van der Waals surface area contributed by atoms with Gasteiger partial charge in [0.05, 0.1) is 17.0 Å². The maximum atomic E-state index is 12.8. The highest BCUT2D eigenvalue weighted by molar-refractivity contribution is 8.01. The van der Waals surface area contributed by atoms with E-state index in [1.165, 1.54) is 16.8 Å². The molecule has 0 fully saturated rings. The molecule has 2 aromatic rings. The van der Waals surface area contributed by atoms with Crippen molar-refractivity contribution in [1.29, 1.82) is 5.26 Å². The summed E-state index contributed by atoms with van der Waals surface area (Å²) in [6, 6.07) is 15.2. The summed E-state index contributed by atoms with van der Waals surface area (Å²) >= 11 is 1.30. The lowest BCUT2D eigenvalue weighted by Crippen LogP contribution is -2.29. The molecule has 1 amide bonds. The van der Waals surface area contributed by atoms with Crippen LogP contribution in [0.15, 0.2) is 52.6 Å². The number of para-hydroxylation sites is 1. The standard InChI is InChI=1S/C19H18N4OS/c1-3-7-15-11-10-14(12-20)18(21-15)25-17-13(2)22-23(19(17)24)16-8-5-4-6-9-16/h4-6,8-11,17H,3,7H2,1-2H3. The number of rotatable bonds is 5. The van der Waals surface area contributed by atoms with Gasteiger partial charge in [0, 0.05) is 5.69 Å². The van der Waals surface area contributed by atoms with Gasteiger partial charge < -0.3 is 0 Å². The van der Waals surface area contributed by atoms with E-state index < -0.39 is 5.25 Å². The molecule has 1 aromatic heterocycles. The summed E-state index contributed by atoms with van der Waals surface area (Å²) in [6.45, 7) is 3.92. The van der Waals surface area contributed by atoms with Crippen molar-refractivity contribution in [3.8, 4) is 6.07 Å². The van der Waals surface area contributed by atoms with E-state index in [1.807, 2.05) is 43.3 Å². The van der Waals surface area contributed by atoms with Crippen LogP contribution in [-0.4, -0.2) is 21.9 Å². The van der Waals surface area contributed by atoms with Crippen molar-refractivity contribution in [3.63, 3.8) is 0 Å². The topological polar surface area (TPSA) is 69.3 Å². The molecule has 1 aromatic carbocycles. The number of pyridine rings is 1. The molecule has 1 atom stereocenters. The van der Waals surface area contributed by atoms with Crippen molar-refractivity contribution in [2.75, 3.05) is 5.01 Å². The number of hydrogen-bond acceptors (Lipinski definition) is 5. The molecule has 1 aliphatic rings. The van der Waals surface area contributed by atoms with Gasteiger partial charge in [-0.05, 0) is 37.6 Å². The quantitative estimate of drug-likeness (QED) is 0.823. The highest BCUT2D eigenvalue weighted by Crippen LogP contribution is 2.32. The summed E-state index contributed by atoms with van der Waals surface area (Å²) in [5.41, 5.74) is 2.88. The molecule has 2 heterocycles. The number of aromatic nitrogens is 1. The first-order valence-corrected chi connectivity index (χ1v) is 9.02. The van der Waals surface area contributed by atoms with Crippen LogP contribution in [0.2, 0.25) is 0 Å². The van der Waals surface area contributed by atoms with Crippen molar-refractivity contribution in [1.82, 2.24) is 4.98 Å². The molecule has 0 bridgehead atoms. The number of carbonyl (C=O) groups is 1. The third kappa shape index (κ3) is 3.57. The minimum absolute atomic E-state index is 0.111. The second kappa shape index (κ2) is 7.49. The number of aryl methyl sites for hydroxylation is 1. The first-order chi connectivity index (χ1) is 12.1. The number of hydrazone groups is 1. The van der Waals surface area contributed by atoms with Crippen LogP contribution in [0.25, 0.3) is 0 Å². The highest BCUT2D eigenvalue weighted by atomic mass is 32.2. The van der Waals surface area contributed by atoms with E-state index in [-0.39, 0.29) is 5.91 Å². The molecular formula is C19H18N4OS. The van der Waals surface area contributed by atoms with Gasteiger partial charge in [-0.1, -0.05) is 43.3 Å². The molecule has 0 N–H and O–H groups in total. The summed E-state index contributed by atoms with van der Waals surface area (Å²) in [5.74, 6) is -0.111. The number of benzene rings is 1. The third-order valence-electron chi connectivity index (χ3n) is 3.85. The van der Waals surface area contributed by atoms with E-state index in [1.54, 1.807) is 6.07 Å². The van der Waals surface area contributed by atoms with Gasteiger partial charge in [-0.2, -0.15) is 15.4 Å². The Morgan fingerprint density at radius 3 is 2.68 bits per heavy atom. The van der Waals surface area contributed by atoms with Crippen molar-refractivity contribution >= 4 is 29.1 Å². The van der Waals surface area contributed by atoms with Crippen LogP contribution in [0.3, 0.4) is 0 Å². The summed E-state index contributed by atoms with van der Waals surface area (Å²) < 4.78 is 0. The lowest BCUT2D eigenvalue weighted by molar-refractivity contribution is -0.116. The molecule has 0 radical (unpaired) electrons. The van der Waals surface area contributed by atoms with E-state index in [4.69, 9.17) is 0 Å². The molecule has 3 rings (SSSR count). The second-order valence-electron chi connectivity index (χ2n) is 5.74. The third-order valence-corrected chi connectivity index (χ3v) is 5.16. The lowest BCUT2D eigenvalue weighted by atomic mass is 10.2. The molecule has 126 valence electrons. The van der Waals surface area contributed by atoms with E-state index in [0.717, 1.165) is 24.2 Å². The van der Waals surface area contributed by atoms with Gasteiger partial charge in [-0.15, -0.1) is 0 Å². The minimum Gasteiger partial charge on any atom is -0.271 e. The van der Waals surface area contributed by atoms with E-state index in [0.29, 0.717) is 16.3 Å². The number of hydrogen-bond donors (Lipinski definition) is 0. The van der Waals surface area contributed by atoms with E-state index in [2.05, 4.69) is 23.1 Å². The van der Waals surface area contributed by atoms with Crippen molar-refractivity contribution in [3.05, 3.63) is 53.7 Å². The maximum absolute atomic E-state index is 12.8. The van der Waals surface area contributed by atoms with Crippen LogP contribution in [0.5, 0.6) is 0 Å². The van der Waals surface area contributed by atoms with Gasteiger partial charge in [0.15, 0.2) is 0 Å². The zero-order chi connectivity index (χ0) is 17.8. The van der Waals surface area contributed by atoms with Crippen LogP contribution < -0.4 is 5.01 Å². The van der Waals surface area contributed by atoms with Gasteiger partial charge in [0.2, 0.25) is 0 Å². The molecule has 0 saturated carbocycles. The fourth-order valence-corrected chi connectivity index (χ4v) is 3.65. The molecule has 5 nitrogen and oxygen atoms in total. The average Bonchev–Trinajstić information content (AvgIpc) is 2.91. The predicted molar refractivity (Wildman–Crippen MR) is 99.6 cm³/mol. The zero-order valence-corrected chi connectivity index (χ0v) is 15.0. The fraction of sp³-hybridized carbons (Fsp3) is 0.263. The maximum Gasteiger partial charge on any atom is 0.266 e. The number of nitrogens with zero attached hydrogens (tertiary/aromatic N) is 4. The van der Waals surface area contributed by atoms with Gasteiger partial charge in [0.1, 0.15) is 16.3 Å². The van der Waals surface area contributed by atoms with Gasteiger partial charge in [-0.3, -0.25) is 4.79 Å². The second-order valence-corrected chi connectivity index (χ2v) is 6.84. The monoisotopic (exact) mass is 350 g/mol. The number of carbonyl (C=O) groups excluding carboxylic acids is 1. The lowest BCUT2D eigenvalue weighted by Gasteiger charge is -2.14. The first-order valence-electron chi connectivity index (χ1n) is 8.14. The fourth-order valence-electron chi connectivity index (χ4n) is 2.60. The Morgan fingerprint density at radius 1 is 1.24 bits per heavy atom. The molecule has 1 aliphatic heterocycles. The predicted octanol–water partition coefficient (Wildman–Crippen LogP) is 3.79. The normalized spacial score (nSPS) is 16.7. The Bertz CT molecular complexity index is 857. The summed E-state index contributed by atoms with van der Waals surface area (Å²) in [6.07, 6.45) is 1.83. The Morgan fingerprint density at radius 2 is 2.00 bits per heavy atom. The van der Waals surface area contributed by atoms with Crippen molar-refractivity contribution in [2.45, 2.75) is 37.0 Å². The van der Waals surface area contributed by atoms with Gasteiger partial charge in [-0.25, -0.2) is 4.98 Å². The zero-order valence-electron chi connectivity index (χ0n) is 14.1. The Hall–Kier alpha value is -2.65. The minimum atomic E-state index is -0.461. The number of nitriles is 1. The smallest absolute Gasteiger partial charge is 0.266 e. The summed E-state index contributed by atoms with van der Waals surface area (Å²) in [5, 5.41) is 15.3. The SMILES string of the molecule is CCCc1ccc(C#N)c(SC2C(=O)N(c3ccccc3)N=C2C)n1. The molecule has 25 heavy (non-hydrogen) atoms. The molecule has 6 heteroatoms. The summed E-state index contributed by atoms with van der Waals surface area (Å²) in [4.78, 5) is 17.4. The Labute approximate surface area is 151 Å². The average molecular weight is 350 g/mol. The molecule has 0 aliphatic carbocycles. The van der Waals surface area contributed by atoms with Gasteiger partial charge in [0.25, 0.3) is 5.91 Å². The highest BCUT2D eigenvalue weighted by Gasteiger charge is 2.36. The number of anilines is 1. The number of amides is 1. The number of thioether (sulfide) groups is 1. The van der Waals surface area contributed by atoms with Crippen LogP contribution in [-0.2, 0) is 11.2 Å². The van der Waals surface area contributed by atoms with Gasteiger partial charge >= 0.3 is 0 Å². The Kier molecular flexibility index (Phi) is 5.15. The molecular weight excluding hydrogens is 332 g/mol. The van der Waals surface area contributed by atoms with Crippen molar-refractivity contribution in [2.24, 2.45) is 5.10 Å². The van der Waals surface area contributed by atoms with Crippen LogP contribution in [0.1, 0.15) is 31.5 Å². The largest absolute Gasteiger partial charge is 0.271 e. The molecule has 0 saturated heterocycles. The van der Waals surface area contributed by atoms with E-state index in [9.17, 15) is 10.1 Å². The summed E-state index contributed by atoms with van der Waals surface area (Å²) in [7, 11) is 0. The van der Waals surface area contributed by atoms with Crippen LogP contribution >= 0.6 is 11.8 Å². The van der Waals surface area contributed by atoms with Crippen molar-refractivity contribution < 1.29 is 4.79 Å².